The zero-order valence-corrected chi connectivity index (χ0v) is 14.2. The van der Waals surface area contributed by atoms with Gasteiger partial charge in [-0.2, -0.15) is 0 Å². The minimum absolute atomic E-state index is 0.201. The number of nitrogens with zero attached hydrogens (tertiary/aromatic N) is 2. The quantitative estimate of drug-likeness (QED) is 0.563. The standard InChI is InChI=1S/C15H14Cl2N2O2S/c1-2-21-13(20)7-8-22-11-6-4-3-5-10(11)14-15(17)18-9-12(16)19-14/h3-6,9H,2,7-8H2,1H3. The molecule has 1 heterocycles. The van der Waals surface area contributed by atoms with Gasteiger partial charge in [0.15, 0.2) is 5.15 Å². The summed E-state index contributed by atoms with van der Waals surface area (Å²) in [6.07, 6.45) is 1.76. The third-order valence-corrected chi connectivity index (χ3v) is 4.24. The van der Waals surface area contributed by atoms with Gasteiger partial charge in [0.05, 0.1) is 19.2 Å². The van der Waals surface area contributed by atoms with E-state index >= 15 is 0 Å². The van der Waals surface area contributed by atoms with Crippen molar-refractivity contribution in [3.8, 4) is 11.3 Å². The highest BCUT2D eigenvalue weighted by molar-refractivity contribution is 7.99. The average Bonchev–Trinajstić information content (AvgIpc) is 2.51. The molecule has 1 aromatic heterocycles. The highest BCUT2D eigenvalue weighted by atomic mass is 35.5. The fourth-order valence-corrected chi connectivity index (χ4v) is 3.10. The van der Waals surface area contributed by atoms with E-state index in [1.807, 2.05) is 24.3 Å². The van der Waals surface area contributed by atoms with Gasteiger partial charge < -0.3 is 4.74 Å². The summed E-state index contributed by atoms with van der Waals surface area (Å²) in [7, 11) is 0. The highest BCUT2D eigenvalue weighted by Gasteiger charge is 2.13. The van der Waals surface area contributed by atoms with Crippen molar-refractivity contribution in [3.63, 3.8) is 0 Å². The number of carbonyl (C=O) groups excluding carboxylic acids is 1. The van der Waals surface area contributed by atoms with Crippen molar-refractivity contribution in [1.29, 1.82) is 0 Å². The molecule has 0 aliphatic rings. The van der Waals surface area contributed by atoms with Crippen molar-refractivity contribution in [2.24, 2.45) is 0 Å². The first kappa shape index (κ1) is 17.1. The summed E-state index contributed by atoms with van der Waals surface area (Å²) >= 11 is 13.6. The molecule has 116 valence electrons. The smallest absolute Gasteiger partial charge is 0.306 e. The minimum atomic E-state index is -0.201. The Hall–Kier alpha value is -1.30. The second kappa shape index (κ2) is 8.36. The van der Waals surface area contributed by atoms with Crippen LogP contribution in [-0.4, -0.2) is 28.3 Å². The maximum atomic E-state index is 11.4. The molecule has 0 N–H and O–H groups in total. The number of ether oxygens (including phenoxy) is 1. The molecule has 0 amide bonds. The Balaban J connectivity index is 2.17. The maximum Gasteiger partial charge on any atom is 0.306 e. The molecule has 0 bridgehead atoms. The Morgan fingerprint density at radius 2 is 2.09 bits per heavy atom. The van der Waals surface area contributed by atoms with E-state index in [-0.39, 0.29) is 11.1 Å². The molecule has 22 heavy (non-hydrogen) atoms. The number of halogens is 2. The Morgan fingerprint density at radius 3 is 2.86 bits per heavy atom. The molecule has 0 radical (unpaired) electrons. The lowest BCUT2D eigenvalue weighted by atomic mass is 10.1. The van der Waals surface area contributed by atoms with Gasteiger partial charge in [-0.3, -0.25) is 4.79 Å². The zero-order valence-electron chi connectivity index (χ0n) is 11.9. The van der Waals surface area contributed by atoms with Crippen molar-refractivity contribution in [2.45, 2.75) is 18.2 Å². The van der Waals surface area contributed by atoms with Crippen LogP contribution in [0, 0.1) is 0 Å². The normalized spacial score (nSPS) is 10.5. The fourth-order valence-electron chi connectivity index (χ4n) is 1.79. The Morgan fingerprint density at radius 1 is 1.32 bits per heavy atom. The summed E-state index contributed by atoms with van der Waals surface area (Å²) in [4.78, 5) is 20.6. The number of hydrogen-bond donors (Lipinski definition) is 0. The SMILES string of the molecule is CCOC(=O)CCSc1ccccc1-c1nc(Cl)cnc1Cl. The van der Waals surface area contributed by atoms with Crippen LogP contribution in [0.5, 0.6) is 0 Å². The lowest BCUT2D eigenvalue weighted by Crippen LogP contribution is -2.04. The lowest BCUT2D eigenvalue weighted by molar-refractivity contribution is -0.142. The Labute approximate surface area is 143 Å². The molecule has 0 unspecified atom stereocenters. The number of rotatable bonds is 6. The fraction of sp³-hybridized carbons (Fsp3) is 0.267. The topological polar surface area (TPSA) is 52.1 Å². The van der Waals surface area contributed by atoms with Gasteiger partial charge in [-0.15, -0.1) is 11.8 Å². The summed E-state index contributed by atoms with van der Waals surface area (Å²) in [5.41, 5.74) is 1.38. The molecule has 0 spiro atoms. The summed E-state index contributed by atoms with van der Waals surface area (Å²) < 4.78 is 4.92. The molecule has 0 aliphatic heterocycles. The van der Waals surface area contributed by atoms with Crippen LogP contribution in [0.2, 0.25) is 10.3 Å². The summed E-state index contributed by atoms with van der Waals surface area (Å²) in [6.45, 7) is 2.19. The van der Waals surface area contributed by atoms with Crippen molar-refractivity contribution in [1.82, 2.24) is 9.97 Å². The van der Waals surface area contributed by atoms with Gasteiger partial charge in [0.2, 0.25) is 0 Å². The second-order valence-electron chi connectivity index (χ2n) is 4.23. The number of aromatic nitrogens is 2. The van der Waals surface area contributed by atoms with Gasteiger partial charge >= 0.3 is 5.97 Å². The Bertz CT molecular complexity index is 668. The van der Waals surface area contributed by atoms with Crippen LogP contribution in [0.3, 0.4) is 0 Å². The van der Waals surface area contributed by atoms with Crippen molar-refractivity contribution in [3.05, 3.63) is 40.8 Å². The summed E-state index contributed by atoms with van der Waals surface area (Å²) in [5.74, 6) is 0.412. The van der Waals surface area contributed by atoms with E-state index in [2.05, 4.69) is 9.97 Å². The molecule has 0 aliphatic carbocycles. The molecule has 1 aromatic carbocycles. The van der Waals surface area contributed by atoms with Crippen molar-refractivity contribution < 1.29 is 9.53 Å². The number of esters is 1. The van der Waals surface area contributed by atoms with Gasteiger partial charge in [0.1, 0.15) is 10.8 Å². The molecule has 0 atom stereocenters. The average molecular weight is 357 g/mol. The van der Waals surface area contributed by atoms with Crippen LogP contribution in [0.4, 0.5) is 0 Å². The number of thioether (sulfide) groups is 1. The largest absolute Gasteiger partial charge is 0.466 e. The van der Waals surface area contributed by atoms with Gasteiger partial charge in [-0.1, -0.05) is 41.4 Å². The Kier molecular flexibility index (Phi) is 6.49. The molecule has 7 heteroatoms. The van der Waals surface area contributed by atoms with Crippen molar-refractivity contribution >= 4 is 40.9 Å². The molecule has 0 saturated carbocycles. The zero-order chi connectivity index (χ0) is 15.9. The monoisotopic (exact) mass is 356 g/mol. The van der Waals surface area contributed by atoms with Crippen molar-refractivity contribution in [2.75, 3.05) is 12.4 Å². The van der Waals surface area contributed by atoms with Crippen LogP contribution in [0.1, 0.15) is 13.3 Å². The van der Waals surface area contributed by atoms with Gasteiger partial charge in [0.25, 0.3) is 0 Å². The van der Waals surface area contributed by atoms with E-state index in [1.165, 1.54) is 6.20 Å². The van der Waals surface area contributed by atoms with E-state index in [1.54, 1.807) is 18.7 Å². The molecular formula is C15H14Cl2N2O2S. The molecule has 0 saturated heterocycles. The minimum Gasteiger partial charge on any atom is -0.466 e. The van der Waals surface area contributed by atoms with Crippen LogP contribution >= 0.6 is 35.0 Å². The van der Waals surface area contributed by atoms with Crippen LogP contribution in [0.15, 0.2) is 35.4 Å². The molecule has 2 aromatic rings. The first-order chi connectivity index (χ1) is 10.6. The predicted molar refractivity (Wildman–Crippen MR) is 89.5 cm³/mol. The number of benzene rings is 1. The van der Waals surface area contributed by atoms with E-state index in [0.29, 0.717) is 29.6 Å². The first-order valence-electron chi connectivity index (χ1n) is 6.67. The second-order valence-corrected chi connectivity index (χ2v) is 6.11. The third kappa shape index (κ3) is 4.60. The number of carbonyl (C=O) groups is 1. The van der Waals surface area contributed by atoms with Crippen LogP contribution in [0.25, 0.3) is 11.3 Å². The van der Waals surface area contributed by atoms with E-state index in [0.717, 1.165) is 10.5 Å². The number of hydrogen-bond acceptors (Lipinski definition) is 5. The highest BCUT2D eigenvalue weighted by Crippen LogP contribution is 2.34. The first-order valence-corrected chi connectivity index (χ1v) is 8.41. The summed E-state index contributed by atoms with van der Waals surface area (Å²) in [5, 5.41) is 0.577. The lowest BCUT2D eigenvalue weighted by Gasteiger charge is -2.09. The van der Waals surface area contributed by atoms with Gasteiger partial charge in [-0.05, 0) is 13.0 Å². The van der Waals surface area contributed by atoms with E-state index in [9.17, 15) is 4.79 Å². The maximum absolute atomic E-state index is 11.4. The molecule has 0 fully saturated rings. The van der Waals surface area contributed by atoms with Gasteiger partial charge in [0, 0.05) is 16.2 Å². The molecule has 2 rings (SSSR count). The third-order valence-electron chi connectivity index (χ3n) is 2.71. The molecule has 4 nitrogen and oxygen atoms in total. The van der Waals surface area contributed by atoms with E-state index < -0.39 is 0 Å². The molecular weight excluding hydrogens is 343 g/mol. The van der Waals surface area contributed by atoms with Crippen LogP contribution in [-0.2, 0) is 9.53 Å². The van der Waals surface area contributed by atoms with Gasteiger partial charge in [-0.25, -0.2) is 9.97 Å². The van der Waals surface area contributed by atoms with E-state index in [4.69, 9.17) is 27.9 Å². The predicted octanol–water partition coefficient (Wildman–Crippen LogP) is 4.50. The summed E-state index contributed by atoms with van der Waals surface area (Å²) in [6, 6.07) is 7.66. The van der Waals surface area contributed by atoms with Crippen LogP contribution < -0.4 is 0 Å².